The van der Waals surface area contributed by atoms with Crippen LogP contribution in [0.3, 0.4) is 0 Å². The number of carbonyl (C=O) groups is 1. The first-order valence-electron chi connectivity index (χ1n) is 8.44. The second kappa shape index (κ2) is 8.64. The molecule has 1 saturated heterocycles. The van der Waals surface area contributed by atoms with Crippen molar-refractivity contribution in [2.45, 2.75) is 17.2 Å². The monoisotopic (exact) mass is 465 g/mol. The maximum atomic E-state index is 13.1. The van der Waals surface area contributed by atoms with Gasteiger partial charge < -0.3 is 5.32 Å². The van der Waals surface area contributed by atoms with E-state index in [2.05, 4.69) is 5.32 Å². The molecule has 3 rings (SSSR count). The summed E-state index contributed by atoms with van der Waals surface area (Å²) in [6, 6.07) is 6.30. The van der Waals surface area contributed by atoms with Gasteiger partial charge in [-0.25, -0.2) is 12.8 Å². The third kappa shape index (κ3) is 4.67. The molecule has 2 aromatic rings. The van der Waals surface area contributed by atoms with Crippen molar-refractivity contribution >= 4 is 56.2 Å². The molecule has 1 aromatic carbocycles. The van der Waals surface area contributed by atoms with Gasteiger partial charge in [0.05, 0.1) is 21.1 Å². The molecular weight excluding hydrogens is 448 g/mol. The molecule has 11 heteroatoms. The van der Waals surface area contributed by atoms with Crippen molar-refractivity contribution < 1.29 is 17.6 Å². The van der Waals surface area contributed by atoms with Crippen LogP contribution in [0.25, 0.3) is 0 Å². The van der Waals surface area contributed by atoms with Crippen molar-refractivity contribution in [2.75, 3.05) is 31.5 Å². The number of amides is 1. The maximum absolute atomic E-state index is 13.1. The lowest BCUT2D eigenvalue weighted by Gasteiger charge is -2.36. The molecule has 6 nitrogen and oxygen atoms in total. The van der Waals surface area contributed by atoms with Gasteiger partial charge in [0.25, 0.3) is 10.0 Å². The molecule has 1 aromatic heterocycles. The van der Waals surface area contributed by atoms with Gasteiger partial charge in [0.2, 0.25) is 5.91 Å². The van der Waals surface area contributed by atoms with Gasteiger partial charge in [-0.3, -0.25) is 9.69 Å². The van der Waals surface area contributed by atoms with Crippen molar-refractivity contribution in [1.29, 1.82) is 0 Å². The Hall–Kier alpha value is -1.23. The van der Waals surface area contributed by atoms with E-state index in [1.165, 1.54) is 22.5 Å². The van der Waals surface area contributed by atoms with E-state index in [9.17, 15) is 17.6 Å². The highest BCUT2D eigenvalue weighted by Gasteiger charge is 2.32. The average Bonchev–Trinajstić information content (AvgIpc) is 3.10. The molecule has 0 aliphatic carbocycles. The number of halogens is 3. The van der Waals surface area contributed by atoms with Gasteiger partial charge in [-0.05, 0) is 37.3 Å². The first kappa shape index (κ1) is 21.5. The Kier molecular flexibility index (Phi) is 6.63. The number of carbonyl (C=O) groups excluding carboxylic acids is 1. The SMILES string of the molecule is CC(C(=O)Nc1ccc(F)cc1Cl)N1CCN(S(=O)(=O)c2ccc(Cl)s2)CC1. The van der Waals surface area contributed by atoms with E-state index in [0.717, 1.165) is 17.4 Å². The molecule has 1 N–H and O–H groups in total. The fraction of sp³-hybridized carbons (Fsp3) is 0.353. The minimum Gasteiger partial charge on any atom is -0.323 e. The Morgan fingerprint density at radius 3 is 2.43 bits per heavy atom. The van der Waals surface area contributed by atoms with Gasteiger partial charge in [0, 0.05) is 26.2 Å². The summed E-state index contributed by atoms with van der Waals surface area (Å²) in [5.74, 6) is -0.782. The Morgan fingerprint density at radius 1 is 1.18 bits per heavy atom. The van der Waals surface area contributed by atoms with Gasteiger partial charge in [-0.15, -0.1) is 11.3 Å². The molecule has 1 unspecified atom stereocenters. The zero-order valence-electron chi connectivity index (χ0n) is 14.9. The zero-order valence-corrected chi connectivity index (χ0v) is 18.0. The summed E-state index contributed by atoms with van der Waals surface area (Å²) in [5.41, 5.74) is 0.329. The van der Waals surface area contributed by atoms with Crippen molar-refractivity contribution in [1.82, 2.24) is 9.21 Å². The maximum Gasteiger partial charge on any atom is 0.252 e. The number of thiophene rings is 1. The van der Waals surface area contributed by atoms with Crippen molar-refractivity contribution in [3.05, 3.63) is 45.5 Å². The van der Waals surface area contributed by atoms with E-state index >= 15 is 0 Å². The number of nitrogens with zero attached hydrogens (tertiary/aromatic N) is 2. The standard InChI is InChI=1S/C17H18Cl2FN3O3S2/c1-11(17(24)21-14-3-2-12(20)10-13(14)18)22-6-8-23(9-7-22)28(25,26)16-5-4-15(19)27-16/h2-5,10-11H,6-9H2,1H3,(H,21,24). The zero-order chi connectivity index (χ0) is 20.5. The molecular formula is C17H18Cl2FN3O3S2. The molecule has 152 valence electrons. The quantitative estimate of drug-likeness (QED) is 0.732. The van der Waals surface area contributed by atoms with Crippen molar-refractivity contribution in [3.8, 4) is 0 Å². The summed E-state index contributed by atoms with van der Waals surface area (Å²) < 4.78 is 40.5. The third-order valence-corrected chi connectivity index (χ3v) is 8.44. The Bertz CT molecular complexity index is 976. The normalized spacial score (nSPS) is 17.4. The molecule has 0 radical (unpaired) electrons. The van der Waals surface area contributed by atoms with Crippen LogP contribution in [0.1, 0.15) is 6.92 Å². The van der Waals surface area contributed by atoms with Gasteiger partial charge in [0.1, 0.15) is 10.0 Å². The summed E-state index contributed by atoms with van der Waals surface area (Å²) in [7, 11) is -3.58. The highest BCUT2D eigenvalue weighted by Crippen LogP contribution is 2.29. The number of rotatable bonds is 5. The van der Waals surface area contributed by atoms with Crippen LogP contribution in [0.4, 0.5) is 10.1 Å². The molecule has 1 aliphatic heterocycles. The van der Waals surface area contributed by atoms with Crippen molar-refractivity contribution in [2.24, 2.45) is 0 Å². The Morgan fingerprint density at radius 2 is 1.86 bits per heavy atom. The predicted molar refractivity (Wildman–Crippen MR) is 109 cm³/mol. The second-order valence-electron chi connectivity index (χ2n) is 6.29. The van der Waals surface area contributed by atoms with Crippen LogP contribution in [-0.2, 0) is 14.8 Å². The van der Waals surface area contributed by atoms with Crippen molar-refractivity contribution in [3.63, 3.8) is 0 Å². The first-order chi connectivity index (χ1) is 13.2. The fourth-order valence-corrected chi connectivity index (χ4v) is 6.16. The minimum absolute atomic E-state index is 0.117. The number of sulfonamides is 1. The molecule has 0 spiro atoms. The lowest BCUT2D eigenvalue weighted by molar-refractivity contribution is -0.121. The minimum atomic E-state index is -3.58. The van der Waals surface area contributed by atoms with Crippen LogP contribution in [0.5, 0.6) is 0 Å². The molecule has 28 heavy (non-hydrogen) atoms. The molecule has 0 bridgehead atoms. The third-order valence-electron chi connectivity index (χ3n) is 4.53. The summed E-state index contributed by atoms with van der Waals surface area (Å²) in [6.45, 7) is 3.09. The number of nitrogens with one attached hydrogen (secondary N) is 1. The van der Waals surface area contributed by atoms with E-state index < -0.39 is 21.9 Å². The highest BCUT2D eigenvalue weighted by molar-refractivity contribution is 7.91. The van der Waals surface area contributed by atoms with Crippen LogP contribution < -0.4 is 5.32 Å². The number of benzene rings is 1. The van der Waals surface area contributed by atoms with Gasteiger partial charge >= 0.3 is 0 Å². The largest absolute Gasteiger partial charge is 0.323 e. The van der Waals surface area contributed by atoms with E-state index in [4.69, 9.17) is 23.2 Å². The number of hydrogen-bond acceptors (Lipinski definition) is 5. The summed E-state index contributed by atoms with van der Waals surface area (Å²) in [5, 5.41) is 2.80. The Balaban J connectivity index is 1.60. The molecule has 1 amide bonds. The summed E-state index contributed by atoms with van der Waals surface area (Å²) in [6.07, 6.45) is 0. The topological polar surface area (TPSA) is 69.7 Å². The fourth-order valence-electron chi connectivity index (χ4n) is 2.89. The van der Waals surface area contributed by atoms with Crippen LogP contribution in [0.2, 0.25) is 9.36 Å². The van der Waals surface area contributed by atoms with E-state index in [1.54, 1.807) is 13.0 Å². The van der Waals surface area contributed by atoms with Crippen LogP contribution in [0.15, 0.2) is 34.5 Å². The summed E-state index contributed by atoms with van der Waals surface area (Å²) >= 11 is 12.8. The second-order valence-corrected chi connectivity index (χ2v) is 10.6. The lowest BCUT2D eigenvalue weighted by Crippen LogP contribution is -2.53. The van der Waals surface area contributed by atoms with Crippen LogP contribution >= 0.6 is 34.5 Å². The molecule has 1 aliphatic rings. The highest BCUT2D eigenvalue weighted by atomic mass is 35.5. The van der Waals surface area contributed by atoms with E-state index in [0.29, 0.717) is 23.1 Å². The molecule has 1 atom stereocenters. The Labute approximate surface area is 176 Å². The van der Waals surface area contributed by atoms with Gasteiger partial charge in [0.15, 0.2) is 0 Å². The summed E-state index contributed by atoms with van der Waals surface area (Å²) in [4.78, 5) is 14.4. The molecule has 1 fully saturated rings. The van der Waals surface area contributed by atoms with E-state index in [-0.39, 0.29) is 28.2 Å². The van der Waals surface area contributed by atoms with Crippen LogP contribution in [-0.4, -0.2) is 55.8 Å². The number of hydrogen-bond donors (Lipinski definition) is 1. The van der Waals surface area contributed by atoms with Gasteiger partial charge in [-0.1, -0.05) is 23.2 Å². The lowest BCUT2D eigenvalue weighted by atomic mass is 10.2. The number of anilines is 1. The number of piperazine rings is 1. The average molecular weight is 466 g/mol. The smallest absolute Gasteiger partial charge is 0.252 e. The van der Waals surface area contributed by atoms with Gasteiger partial charge in [-0.2, -0.15) is 4.31 Å². The van der Waals surface area contributed by atoms with E-state index in [1.807, 2.05) is 4.90 Å². The molecule has 0 saturated carbocycles. The van der Waals surface area contributed by atoms with Crippen LogP contribution in [0, 0.1) is 5.82 Å². The first-order valence-corrected chi connectivity index (χ1v) is 11.4. The molecule has 2 heterocycles. The predicted octanol–water partition coefficient (Wildman–Crippen LogP) is 3.53.